The quantitative estimate of drug-likeness (QED) is 0.686. The highest BCUT2D eigenvalue weighted by molar-refractivity contribution is 5.76. The Bertz CT molecular complexity index is 477. The average Bonchev–Trinajstić information content (AvgIpc) is 2.39. The highest BCUT2D eigenvalue weighted by Gasteiger charge is 1.99. The fraction of sp³-hybridized carbons (Fsp3) is 0.417. The molecule has 88 valence electrons. The number of aromatic nitrogens is 3. The molecule has 0 unspecified atom stereocenters. The monoisotopic (exact) mass is 221 g/mol. The van der Waals surface area contributed by atoms with Crippen molar-refractivity contribution >= 4 is 10.9 Å². The van der Waals surface area contributed by atoms with Gasteiger partial charge in [0.05, 0.1) is 5.39 Å². The van der Waals surface area contributed by atoms with Crippen molar-refractivity contribution in [1.82, 2.24) is 15.0 Å². The van der Waals surface area contributed by atoms with Gasteiger partial charge >= 0.3 is 0 Å². The van der Waals surface area contributed by atoms with Crippen LogP contribution in [0.1, 0.15) is 27.7 Å². The Labute approximate surface area is 95.9 Å². The van der Waals surface area contributed by atoms with Gasteiger partial charge in [0.1, 0.15) is 5.52 Å². The molecule has 0 N–H and O–H groups in total. The SMILES string of the molecule is CC.CC.Cn1nnc2ccccc2c1=O. The van der Waals surface area contributed by atoms with Crippen molar-refractivity contribution in [3.8, 4) is 0 Å². The summed E-state index contributed by atoms with van der Waals surface area (Å²) in [5, 5.41) is 8.12. The molecule has 16 heavy (non-hydrogen) atoms. The van der Waals surface area contributed by atoms with Crippen molar-refractivity contribution < 1.29 is 0 Å². The third kappa shape index (κ3) is 3.15. The van der Waals surface area contributed by atoms with E-state index < -0.39 is 0 Å². The van der Waals surface area contributed by atoms with Crippen molar-refractivity contribution in [2.24, 2.45) is 7.05 Å². The van der Waals surface area contributed by atoms with Crippen LogP contribution in [0.15, 0.2) is 29.1 Å². The van der Waals surface area contributed by atoms with E-state index in [0.29, 0.717) is 10.9 Å². The molecule has 0 aliphatic heterocycles. The molecular weight excluding hydrogens is 202 g/mol. The molecule has 0 bridgehead atoms. The van der Waals surface area contributed by atoms with Crippen LogP contribution < -0.4 is 5.56 Å². The van der Waals surface area contributed by atoms with E-state index in [-0.39, 0.29) is 5.56 Å². The maximum Gasteiger partial charge on any atom is 0.277 e. The predicted molar refractivity (Wildman–Crippen MR) is 67.5 cm³/mol. The number of fused-ring (bicyclic) bond motifs is 1. The Morgan fingerprint density at radius 1 is 1.06 bits per heavy atom. The number of hydrogen-bond donors (Lipinski definition) is 0. The van der Waals surface area contributed by atoms with Crippen molar-refractivity contribution in [3.63, 3.8) is 0 Å². The lowest BCUT2D eigenvalue weighted by Crippen LogP contribution is -2.20. The first-order valence-electron chi connectivity index (χ1n) is 5.58. The van der Waals surface area contributed by atoms with Gasteiger partial charge in [-0.3, -0.25) is 4.79 Å². The van der Waals surface area contributed by atoms with Gasteiger partial charge in [-0.25, -0.2) is 4.68 Å². The maximum absolute atomic E-state index is 11.4. The summed E-state index contributed by atoms with van der Waals surface area (Å²) in [5.74, 6) is 0. The summed E-state index contributed by atoms with van der Waals surface area (Å²) in [7, 11) is 1.59. The molecule has 2 rings (SSSR count). The minimum atomic E-state index is -0.111. The molecule has 2 aromatic rings. The van der Waals surface area contributed by atoms with Gasteiger partial charge in [-0.15, -0.1) is 5.10 Å². The number of hydrogen-bond acceptors (Lipinski definition) is 3. The predicted octanol–water partition coefficient (Wildman–Crippen LogP) is 2.38. The van der Waals surface area contributed by atoms with Crippen LogP contribution in [0.3, 0.4) is 0 Å². The molecule has 0 saturated carbocycles. The molecule has 0 aliphatic carbocycles. The fourth-order valence-electron chi connectivity index (χ4n) is 1.07. The lowest BCUT2D eigenvalue weighted by Gasteiger charge is -1.96. The van der Waals surface area contributed by atoms with Gasteiger partial charge in [0.2, 0.25) is 0 Å². The lowest BCUT2D eigenvalue weighted by atomic mass is 10.2. The Morgan fingerprint density at radius 3 is 2.25 bits per heavy atom. The molecule has 1 aromatic heterocycles. The topological polar surface area (TPSA) is 47.8 Å². The number of nitrogens with zero attached hydrogens (tertiary/aromatic N) is 3. The minimum Gasteiger partial charge on any atom is -0.267 e. The summed E-state index contributed by atoms with van der Waals surface area (Å²) in [6.07, 6.45) is 0. The summed E-state index contributed by atoms with van der Waals surface area (Å²) in [4.78, 5) is 11.4. The molecule has 0 radical (unpaired) electrons. The molecule has 4 nitrogen and oxygen atoms in total. The molecule has 0 amide bonds. The van der Waals surface area contributed by atoms with Crippen LogP contribution in [0, 0.1) is 0 Å². The van der Waals surface area contributed by atoms with Gasteiger partial charge in [0, 0.05) is 7.05 Å². The molecule has 0 atom stereocenters. The van der Waals surface area contributed by atoms with E-state index in [9.17, 15) is 4.79 Å². The van der Waals surface area contributed by atoms with E-state index in [2.05, 4.69) is 10.3 Å². The summed E-state index contributed by atoms with van der Waals surface area (Å²) in [6.45, 7) is 8.00. The zero-order valence-corrected chi connectivity index (χ0v) is 10.6. The molecular formula is C12H19N3O. The second-order valence-corrected chi connectivity index (χ2v) is 2.54. The van der Waals surface area contributed by atoms with Crippen LogP contribution in [0.5, 0.6) is 0 Å². The molecule has 1 heterocycles. The normalized spacial score (nSPS) is 8.56. The third-order valence-corrected chi connectivity index (χ3v) is 1.71. The number of rotatable bonds is 0. The highest BCUT2D eigenvalue weighted by Crippen LogP contribution is 2.02. The summed E-state index contributed by atoms with van der Waals surface area (Å²) in [6, 6.07) is 7.15. The van der Waals surface area contributed by atoms with Gasteiger partial charge in [0.15, 0.2) is 0 Å². The van der Waals surface area contributed by atoms with Crippen LogP contribution in [0.2, 0.25) is 0 Å². The van der Waals surface area contributed by atoms with Crippen LogP contribution in [0.25, 0.3) is 10.9 Å². The first-order valence-corrected chi connectivity index (χ1v) is 5.58. The molecule has 1 aromatic carbocycles. The van der Waals surface area contributed by atoms with E-state index in [1.807, 2.05) is 39.8 Å². The summed E-state index contributed by atoms with van der Waals surface area (Å²) >= 11 is 0. The van der Waals surface area contributed by atoms with Gasteiger partial charge < -0.3 is 0 Å². The molecule has 0 saturated heterocycles. The second kappa shape index (κ2) is 7.56. The summed E-state index contributed by atoms with van der Waals surface area (Å²) in [5.41, 5.74) is 0.529. The second-order valence-electron chi connectivity index (χ2n) is 2.54. The van der Waals surface area contributed by atoms with Crippen LogP contribution >= 0.6 is 0 Å². The maximum atomic E-state index is 11.4. The van der Waals surface area contributed by atoms with E-state index in [1.165, 1.54) is 4.68 Å². The zero-order chi connectivity index (χ0) is 12.6. The average molecular weight is 221 g/mol. The Morgan fingerprint density at radius 2 is 1.62 bits per heavy atom. The fourth-order valence-corrected chi connectivity index (χ4v) is 1.07. The smallest absolute Gasteiger partial charge is 0.267 e. The van der Waals surface area contributed by atoms with Crippen molar-refractivity contribution in [2.45, 2.75) is 27.7 Å². The van der Waals surface area contributed by atoms with Crippen LogP contribution in [0.4, 0.5) is 0 Å². The largest absolute Gasteiger partial charge is 0.277 e. The lowest BCUT2D eigenvalue weighted by molar-refractivity contribution is 0.656. The molecule has 0 fully saturated rings. The van der Waals surface area contributed by atoms with Gasteiger partial charge in [-0.1, -0.05) is 45.0 Å². The van der Waals surface area contributed by atoms with Gasteiger partial charge in [-0.05, 0) is 12.1 Å². The van der Waals surface area contributed by atoms with Crippen LogP contribution in [-0.4, -0.2) is 15.0 Å². The highest BCUT2D eigenvalue weighted by atomic mass is 16.1. The minimum absolute atomic E-state index is 0.111. The third-order valence-electron chi connectivity index (χ3n) is 1.71. The van der Waals surface area contributed by atoms with Crippen molar-refractivity contribution in [1.29, 1.82) is 0 Å². The zero-order valence-electron chi connectivity index (χ0n) is 10.6. The van der Waals surface area contributed by atoms with E-state index in [0.717, 1.165) is 0 Å². The van der Waals surface area contributed by atoms with E-state index in [1.54, 1.807) is 19.2 Å². The summed E-state index contributed by atoms with van der Waals surface area (Å²) < 4.78 is 1.22. The molecule has 4 heteroatoms. The van der Waals surface area contributed by atoms with E-state index >= 15 is 0 Å². The van der Waals surface area contributed by atoms with Crippen molar-refractivity contribution in [2.75, 3.05) is 0 Å². The van der Waals surface area contributed by atoms with Crippen molar-refractivity contribution in [3.05, 3.63) is 34.6 Å². The van der Waals surface area contributed by atoms with Gasteiger partial charge in [0.25, 0.3) is 5.56 Å². The molecule has 0 spiro atoms. The Kier molecular flexibility index (Phi) is 6.76. The first-order chi connectivity index (χ1) is 7.79. The number of benzene rings is 1. The standard InChI is InChI=1S/C8H7N3O.2C2H6/c1-11-8(12)6-4-2-3-5-7(6)9-10-11;2*1-2/h2-5H,1H3;2*1-2H3. The first kappa shape index (κ1) is 14.3. The number of aryl methyl sites for hydroxylation is 1. The van der Waals surface area contributed by atoms with E-state index in [4.69, 9.17) is 0 Å². The van der Waals surface area contributed by atoms with Gasteiger partial charge in [-0.2, -0.15) is 0 Å². The van der Waals surface area contributed by atoms with Crippen LogP contribution in [-0.2, 0) is 7.05 Å². The Hall–Kier alpha value is -1.71. The Balaban J connectivity index is 0.000000509. The molecule has 0 aliphatic rings.